The zero-order valence-corrected chi connectivity index (χ0v) is 16.4. The second kappa shape index (κ2) is 8.06. The van der Waals surface area contributed by atoms with Crippen molar-refractivity contribution in [3.05, 3.63) is 65.5 Å². The topological polar surface area (TPSA) is 89.7 Å². The summed E-state index contributed by atoms with van der Waals surface area (Å²) in [5.41, 5.74) is 1.33. The first kappa shape index (κ1) is 18.5. The molecule has 5 rings (SSSR count). The van der Waals surface area contributed by atoms with Gasteiger partial charge in [-0.05, 0) is 43.0 Å². The molecule has 30 heavy (non-hydrogen) atoms. The molecule has 2 aliphatic rings. The van der Waals surface area contributed by atoms with Crippen LogP contribution in [0.25, 0.3) is 0 Å². The highest BCUT2D eigenvalue weighted by molar-refractivity contribution is 5.95. The Morgan fingerprint density at radius 2 is 1.77 bits per heavy atom. The van der Waals surface area contributed by atoms with Crippen LogP contribution in [-0.2, 0) is 0 Å². The molecule has 3 aromatic rings. The molecule has 1 amide bonds. The number of carbonyl (C=O) groups excluding carboxylic acids is 1. The number of anilines is 1. The van der Waals surface area contributed by atoms with Crippen LogP contribution < -0.4 is 19.7 Å². The fourth-order valence-corrected chi connectivity index (χ4v) is 3.74. The standard InChI is InChI=1S/C22H22N4O4/c27-20(16-9-10-17-18(13-16)29-14-28-17)23-19(15-7-3-1-4-8-15)21-24-25-22(30-21)26-11-5-2-6-12-26/h1,3-4,7-10,13,19H,2,5-6,11-12,14H2,(H,23,27). The van der Waals surface area contributed by atoms with Gasteiger partial charge in [0.15, 0.2) is 11.5 Å². The molecule has 8 heteroatoms. The van der Waals surface area contributed by atoms with Crippen molar-refractivity contribution in [3.63, 3.8) is 0 Å². The highest BCUT2D eigenvalue weighted by Crippen LogP contribution is 2.33. The minimum absolute atomic E-state index is 0.161. The number of nitrogens with one attached hydrogen (secondary N) is 1. The van der Waals surface area contributed by atoms with Crippen LogP contribution in [0.2, 0.25) is 0 Å². The lowest BCUT2D eigenvalue weighted by molar-refractivity contribution is 0.0937. The molecule has 1 N–H and O–H groups in total. The first-order valence-corrected chi connectivity index (χ1v) is 10.1. The van der Waals surface area contributed by atoms with Crippen LogP contribution >= 0.6 is 0 Å². The van der Waals surface area contributed by atoms with Gasteiger partial charge in [0.25, 0.3) is 5.91 Å². The average Bonchev–Trinajstić information content (AvgIpc) is 3.48. The van der Waals surface area contributed by atoms with Gasteiger partial charge in [0.05, 0.1) is 0 Å². The van der Waals surface area contributed by atoms with Gasteiger partial charge in [-0.15, -0.1) is 5.10 Å². The van der Waals surface area contributed by atoms with Gasteiger partial charge in [-0.2, -0.15) is 0 Å². The Morgan fingerprint density at radius 1 is 0.967 bits per heavy atom. The number of rotatable bonds is 5. The zero-order chi connectivity index (χ0) is 20.3. The third kappa shape index (κ3) is 3.68. The minimum atomic E-state index is -0.560. The van der Waals surface area contributed by atoms with Crippen molar-refractivity contribution in [3.8, 4) is 11.5 Å². The second-order valence-electron chi connectivity index (χ2n) is 7.36. The second-order valence-corrected chi connectivity index (χ2v) is 7.36. The van der Waals surface area contributed by atoms with E-state index < -0.39 is 6.04 Å². The summed E-state index contributed by atoms with van der Waals surface area (Å²) in [6, 6.07) is 14.7. The van der Waals surface area contributed by atoms with Gasteiger partial charge >= 0.3 is 6.01 Å². The molecule has 154 valence electrons. The molecule has 0 radical (unpaired) electrons. The summed E-state index contributed by atoms with van der Waals surface area (Å²) >= 11 is 0. The van der Waals surface area contributed by atoms with E-state index in [1.165, 1.54) is 6.42 Å². The number of nitrogens with zero attached hydrogens (tertiary/aromatic N) is 3. The van der Waals surface area contributed by atoms with Crippen LogP contribution in [0.5, 0.6) is 11.5 Å². The molecular weight excluding hydrogens is 384 g/mol. The van der Waals surface area contributed by atoms with E-state index in [2.05, 4.69) is 20.4 Å². The van der Waals surface area contributed by atoms with Crippen molar-refractivity contribution in [2.24, 2.45) is 0 Å². The number of aromatic nitrogens is 2. The van der Waals surface area contributed by atoms with Gasteiger partial charge < -0.3 is 24.1 Å². The Hall–Kier alpha value is -3.55. The van der Waals surface area contributed by atoms with Crippen molar-refractivity contribution >= 4 is 11.9 Å². The van der Waals surface area contributed by atoms with Gasteiger partial charge in [-0.25, -0.2) is 0 Å². The Kier molecular flexibility index (Phi) is 4.96. The summed E-state index contributed by atoms with van der Waals surface area (Å²) < 4.78 is 16.7. The highest BCUT2D eigenvalue weighted by atomic mass is 16.7. The normalized spacial score (nSPS) is 16.3. The van der Waals surface area contributed by atoms with Crippen molar-refractivity contribution in [1.29, 1.82) is 0 Å². The molecule has 1 saturated heterocycles. The molecule has 3 heterocycles. The van der Waals surface area contributed by atoms with E-state index in [0.29, 0.717) is 29.0 Å². The lowest BCUT2D eigenvalue weighted by Gasteiger charge is -2.24. The maximum absolute atomic E-state index is 13.0. The van der Waals surface area contributed by atoms with Crippen LogP contribution in [0.15, 0.2) is 52.9 Å². The van der Waals surface area contributed by atoms with Gasteiger partial charge in [0.2, 0.25) is 12.7 Å². The van der Waals surface area contributed by atoms with E-state index >= 15 is 0 Å². The molecule has 8 nitrogen and oxygen atoms in total. The van der Waals surface area contributed by atoms with Crippen LogP contribution in [0.4, 0.5) is 6.01 Å². The average molecular weight is 406 g/mol. The van der Waals surface area contributed by atoms with Crippen molar-refractivity contribution in [2.45, 2.75) is 25.3 Å². The quantitative estimate of drug-likeness (QED) is 0.695. The summed E-state index contributed by atoms with van der Waals surface area (Å²) in [4.78, 5) is 15.1. The molecule has 0 saturated carbocycles. The van der Waals surface area contributed by atoms with Crippen LogP contribution in [0.1, 0.15) is 47.1 Å². The van der Waals surface area contributed by atoms with Gasteiger partial charge in [-0.1, -0.05) is 35.4 Å². The summed E-state index contributed by atoms with van der Waals surface area (Å²) in [6.07, 6.45) is 3.44. The van der Waals surface area contributed by atoms with Crippen molar-refractivity contribution in [1.82, 2.24) is 15.5 Å². The van der Waals surface area contributed by atoms with Gasteiger partial charge in [0, 0.05) is 18.7 Å². The van der Waals surface area contributed by atoms with E-state index in [4.69, 9.17) is 13.9 Å². The lowest BCUT2D eigenvalue weighted by Crippen LogP contribution is -2.30. The van der Waals surface area contributed by atoms with E-state index in [1.807, 2.05) is 30.3 Å². The first-order chi connectivity index (χ1) is 14.8. The largest absolute Gasteiger partial charge is 0.454 e. The lowest BCUT2D eigenvalue weighted by atomic mass is 10.1. The molecular formula is C22H22N4O4. The smallest absolute Gasteiger partial charge is 0.318 e. The summed E-state index contributed by atoms with van der Waals surface area (Å²) in [6.45, 7) is 1.97. The third-order valence-corrected chi connectivity index (χ3v) is 5.35. The van der Waals surface area contributed by atoms with E-state index in [9.17, 15) is 4.79 Å². The molecule has 0 spiro atoms. The molecule has 0 aliphatic carbocycles. The van der Waals surface area contributed by atoms with Gasteiger partial charge in [-0.3, -0.25) is 4.79 Å². The number of benzene rings is 2. The van der Waals surface area contributed by atoms with E-state index in [1.54, 1.807) is 18.2 Å². The van der Waals surface area contributed by atoms with Crippen LogP contribution in [0, 0.1) is 0 Å². The fourth-order valence-electron chi connectivity index (χ4n) is 3.74. The van der Waals surface area contributed by atoms with Crippen molar-refractivity contribution < 1.29 is 18.7 Å². The number of fused-ring (bicyclic) bond motifs is 1. The van der Waals surface area contributed by atoms with Crippen molar-refractivity contribution in [2.75, 3.05) is 24.8 Å². The van der Waals surface area contributed by atoms with E-state index in [0.717, 1.165) is 31.5 Å². The fraction of sp³-hybridized carbons (Fsp3) is 0.318. The Bertz CT molecular complexity index is 1030. The number of amides is 1. The molecule has 2 aromatic carbocycles. The predicted octanol–water partition coefficient (Wildman–Crippen LogP) is 3.31. The molecule has 0 bridgehead atoms. The van der Waals surface area contributed by atoms with Crippen LogP contribution in [-0.4, -0.2) is 36.0 Å². The summed E-state index contributed by atoms with van der Waals surface area (Å²) in [5.74, 6) is 1.29. The minimum Gasteiger partial charge on any atom is -0.454 e. The maximum Gasteiger partial charge on any atom is 0.318 e. The van der Waals surface area contributed by atoms with E-state index in [-0.39, 0.29) is 12.7 Å². The maximum atomic E-state index is 13.0. The molecule has 2 aliphatic heterocycles. The van der Waals surface area contributed by atoms with Crippen LogP contribution in [0.3, 0.4) is 0 Å². The Labute approximate surface area is 173 Å². The Balaban J connectivity index is 1.41. The number of hydrogen-bond donors (Lipinski definition) is 1. The summed E-state index contributed by atoms with van der Waals surface area (Å²) in [5, 5.41) is 11.5. The first-order valence-electron chi connectivity index (χ1n) is 10.1. The Morgan fingerprint density at radius 3 is 2.60 bits per heavy atom. The number of piperidine rings is 1. The molecule has 1 fully saturated rings. The molecule has 1 aromatic heterocycles. The monoisotopic (exact) mass is 406 g/mol. The SMILES string of the molecule is O=C(NC(c1ccccc1)c1nnc(N2CCCCC2)o1)c1ccc2c(c1)OCO2. The number of ether oxygens (including phenoxy) is 2. The number of hydrogen-bond acceptors (Lipinski definition) is 7. The predicted molar refractivity (Wildman–Crippen MR) is 109 cm³/mol. The van der Waals surface area contributed by atoms with Gasteiger partial charge in [0.1, 0.15) is 6.04 Å². The molecule has 1 unspecified atom stereocenters. The summed E-state index contributed by atoms with van der Waals surface area (Å²) in [7, 11) is 0. The third-order valence-electron chi connectivity index (χ3n) is 5.35. The highest BCUT2D eigenvalue weighted by Gasteiger charge is 2.26. The zero-order valence-electron chi connectivity index (χ0n) is 16.4. The molecule has 1 atom stereocenters. The number of carbonyl (C=O) groups is 1.